The van der Waals surface area contributed by atoms with Crippen molar-refractivity contribution >= 4 is 17.3 Å². The van der Waals surface area contributed by atoms with E-state index >= 15 is 0 Å². The molecule has 0 aliphatic carbocycles. The molecule has 0 spiro atoms. The lowest BCUT2D eigenvalue weighted by Gasteiger charge is -2.30. The molecular formula is C21H22N4O3. The Kier molecular flexibility index (Phi) is 5.34. The number of rotatable bonds is 5. The molecule has 28 heavy (non-hydrogen) atoms. The molecule has 1 amide bonds. The largest absolute Gasteiger partial charge is 0.378 e. The SMILES string of the molecule is Cc1ccccc1-c1noc(CC(=O)Nc2ccccc2N2CCOCC2)n1. The molecule has 3 aromatic rings. The molecular weight excluding hydrogens is 356 g/mol. The monoisotopic (exact) mass is 378 g/mol. The molecule has 1 aromatic heterocycles. The number of hydrogen-bond donors (Lipinski definition) is 1. The van der Waals surface area contributed by atoms with Crippen molar-refractivity contribution in [1.82, 2.24) is 10.1 Å². The van der Waals surface area contributed by atoms with Crippen molar-refractivity contribution in [3.63, 3.8) is 0 Å². The zero-order chi connectivity index (χ0) is 19.3. The summed E-state index contributed by atoms with van der Waals surface area (Å²) in [6.45, 7) is 4.96. The highest BCUT2D eigenvalue weighted by Gasteiger charge is 2.18. The van der Waals surface area contributed by atoms with E-state index in [0.717, 1.165) is 35.6 Å². The third kappa shape index (κ3) is 4.04. The number of carbonyl (C=O) groups is 1. The molecule has 2 aromatic carbocycles. The molecule has 0 radical (unpaired) electrons. The molecule has 0 atom stereocenters. The summed E-state index contributed by atoms with van der Waals surface area (Å²) in [5.41, 5.74) is 3.72. The summed E-state index contributed by atoms with van der Waals surface area (Å²) in [6, 6.07) is 15.6. The fourth-order valence-electron chi connectivity index (χ4n) is 3.25. The van der Waals surface area contributed by atoms with Gasteiger partial charge in [-0.15, -0.1) is 0 Å². The molecule has 1 saturated heterocycles. The Balaban J connectivity index is 1.45. The molecule has 0 saturated carbocycles. The van der Waals surface area contributed by atoms with Crippen molar-refractivity contribution < 1.29 is 14.1 Å². The van der Waals surface area contributed by atoms with E-state index in [0.29, 0.717) is 24.9 Å². The van der Waals surface area contributed by atoms with Crippen LogP contribution in [0.15, 0.2) is 53.1 Å². The molecule has 1 fully saturated rings. The van der Waals surface area contributed by atoms with E-state index in [2.05, 4.69) is 20.4 Å². The molecule has 4 rings (SSSR count). The first-order valence-electron chi connectivity index (χ1n) is 9.31. The molecule has 1 aliphatic rings. The van der Waals surface area contributed by atoms with E-state index in [-0.39, 0.29) is 12.3 Å². The predicted octanol–water partition coefficient (Wildman–Crippen LogP) is 3.06. The first kappa shape index (κ1) is 18.2. The Bertz CT molecular complexity index is 964. The maximum atomic E-state index is 12.5. The van der Waals surface area contributed by atoms with Gasteiger partial charge in [0.05, 0.1) is 24.6 Å². The van der Waals surface area contributed by atoms with Gasteiger partial charge in [0.25, 0.3) is 0 Å². The van der Waals surface area contributed by atoms with Crippen molar-refractivity contribution in [1.29, 1.82) is 0 Å². The van der Waals surface area contributed by atoms with Crippen molar-refractivity contribution in [2.45, 2.75) is 13.3 Å². The second-order valence-electron chi connectivity index (χ2n) is 6.67. The molecule has 0 unspecified atom stereocenters. The molecule has 1 N–H and O–H groups in total. The highest BCUT2D eigenvalue weighted by molar-refractivity contribution is 5.95. The van der Waals surface area contributed by atoms with Crippen LogP contribution < -0.4 is 10.2 Å². The Morgan fingerprint density at radius 3 is 2.68 bits per heavy atom. The van der Waals surface area contributed by atoms with E-state index in [1.807, 2.05) is 55.5 Å². The van der Waals surface area contributed by atoms with Gasteiger partial charge in [0.15, 0.2) is 0 Å². The molecule has 7 nitrogen and oxygen atoms in total. The number of nitrogens with one attached hydrogen (secondary N) is 1. The van der Waals surface area contributed by atoms with Crippen LogP contribution >= 0.6 is 0 Å². The summed E-state index contributed by atoms with van der Waals surface area (Å²) in [5, 5.41) is 6.98. The van der Waals surface area contributed by atoms with Gasteiger partial charge < -0.3 is 19.5 Å². The highest BCUT2D eigenvalue weighted by Crippen LogP contribution is 2.26. The fourth-order valence-corrected chi connectivity index (χ4v) is 3.25. The number of para-hydroxylation sites is 2. The highest BCUT2D eigenvalue weighted by atomic mass is 16.5. The number of aromatic nitrogens is 2. The Labute approximate surface area is 163 Å². The van der Waals surface area contributed by atoms with E-state index in [4.69, 9.17) is 9.26 Å². The summed E-state index contributed by atoms with van der Waals surface area (Å²) >= 11 is 0. The molecule has 144 valence electrons. The van der Waals surface area contributed by atoms with Crippen LogP contribution in [0.5, 0.6) is 0 Å². The minimum Gasteiger partial charge on any atom is -0.378 e. The lowest BCUT2D eigenvalue weighted by molar-refractivity contribution is -0.115. The number of benzene rings is 2. The lowest BCUT2D eigenvalue weighted by Crippen LogP contribution is -2.36. The van der Waals surface area contributed by atoms with Gasteiger partial charge in [-0.25, -0.2) is 0 Å². The Morgan fingerprint density at radius 2 is 1.86 bits per heavy atom. The Hall–Kier alpha value is -3.19. The number of aryl methyl sites for hydroxylation is 1. The summed E-state index contributed by atoms with van der Waals surface area (Å²) in [5.74, 6) is 0.593. The predicted molar refractivity (Wildman–Crippen MR) is 106 cm³/mol. The second kappa shape index (κ2) is 8.22. The summed E-state index contributed by atoms with van der Waals surface area (Å²) in [4.78, 5) is 19.1. The van der Waals surface area contributed by atoms with Crippen LogP contribution in [0.25, 0.3) is 11.4 Å². The topological polar surface area (TPSA) is 80.5 Å². The third-order valence-corrected chi connectivity index (χ3v) is 4.70. The average molecular weight is 378 g/mol. The van der Waals surface area contributed by atoms with Crippen molar-refractivity contribution in [3.05, 3.63) is 60.0 Å². The molecule has 1 aliphatic heterocycles. The number of amides is 1. The summed E-state index contributed by atoms with van der Waals surface area (Å²) in [6.07, 6.45) is 0.0241. The van der Waals surface area contributed by atoms with Crippen LogP contribution in [0.1, 0.15) is 11.5 Å². The van der Waals surface area contributed by atoms with E-state index in [1.165, 1.54) is 0 Å². The zero-order valence-corrected chi connectivity index (χ0v) is 15.7. The van der Waals surface area contributed by atoms with Gasteiger partial charge in [0.2, 0.25) is 17.6 Å². The molecule has 0 bridgehead atoms. The van der Waals surface area contributed by atoms with Crippen LogP contribution in [0.4, 0.5) is 11.4 Å². The van der Waals surface area contributed by atoms with Crippen LogP contribution in [0.3, 0.4) is 0 Å². The minimum absolute atomic E-state index is 0.0241. The standard InChI is InChI=1S/C21H22N4O3/c1-15-6-2-3-7-16(15)21-23-20(28-24-21)14-19(26)22-17-8-4-5-9-18(17)25-10-12-27-13-11-25/h2-9H,10-14H2,1H3,(H,22,26). The first-order chi connectivity index (χ1) is 13.7. The van der Waals surface area contributed by atoms with Crippen LogP contribution in [0.2, 0.25) is 0 Å². The number of nitrogens with zero attached hydrogens (tertiary/aromatic N) is 3. The number of anilines is 2. The number of hydrogen-bond acceptors (Lipinski definition) is 6. The maximum absolute atomic E-state index is 12.5. The van der Waals surface area contributed by atoms with Gasteiger partial charge >= 0.3 is 0 Å². The molecule has 2 heterocycles. The minimum atomic E-state index is -0.194. The number of morpholine rings is 1. The van der Waals surface area contributed by atoms with Gasteiger partial charge in [-0.2, -0.15) is 4.98 Å². The van der Waals surface area contributed by atoms with Gasteiger partial charge in [0, 0.05) is 18.7 Å². The zero-order valence-electron chi connectivity index (χ0n) is 15.7. The number of carbonyl (C=O) groups excluding carboxylic acids is 1. The first-order valence-corrected chi connectivity index (χ1v) is 9.31. The van der Waals surface area contributed by atoms with Crippen LogP contribution in [0, 0.1) is 6.92 Å². The van der Waals surface area contributed by atoms with Crippen molar-refractivity contribution in [2.24, 2.45) is 0 Å². The van der Waals surface area contributed by atoms with Gasteiger partial charge in [-0.05, 0) is 24.6 Å². The van der Waals surface area contributed by atoms with Crippen LogP contribution in [-0.2, 0) is 16.0 Å². The quantitative estimate of drug-likeness (QED) is 0.735. The smallest absolute Gasteiger partial charge is 0.236 e. The summed E-state index contributed by atoms with van der Waals surface area (Å²) in [7, 11) is 0. The normalized spacial score (nSPS) is 14.1. The summed E-state index contributed by atoms with van der Waals surface area (Å²) < 4.78 is 10.7. The molecule has 7 heteroatoms. The van der Waals surface area contributed by atoms with Gasteiger partial charge in [0.1, 0.15) is 6.42 Å². The van der Waals surface area contributed by atoms with E-state index < -0.39 is 0 Å². The Morgan fingerprint density at radius 1 is 1.11 bits per heavy atom. The maximum Gasteiger partial charge on any atom is 0.236 e. The van der Waals surface area contributed by atoms with Gasteiger partial charge in [-0.3, -0.25) is 4.79 Å². The lowest BCUT2D eigenvalue weighted by atomic mass is 10.1. The van der Waals surface area contributed by atoms with Crippen LogP contribution in [-0.4, -0.2) is 42.4 Å². The van der Waals surface area contributed by atoms with Crippen molar-refractivity contribution in [2.75, 3.05) is 36.5 Å². The second-order valence-corrected chi connectivity index (χ2v) is 6.67. The van der Waals surface area contributed by atoms with Gasteiger partial charge in [-0.1, -0.05) is 41.6 Å². The van der Waals surface area contributed by atoms with E-state index in [1.54, 1.807) is 0 Å². The third-order valence-electron chi connectivity index (χ3n) is 4.70. The van der Waals surface area contributed by atoms with Crippen molar-refractivity contribution in [3.8, 4) is 11.4 Å². The number of ether oxygens (including phenoxy) is 1. The fraction of sp³-hybridized carbons (Fsp3) is 0.286. The average Bonchev–Trinajstić information content (AvgIpc) is 3.17. The van der Waals surface area contributed by atoms with E-state index in [9.17, 15) is 4.79 Å².